The van der Waals surface area contributed by atoms with Crippen molar-refractivity contribution < 1.29 is 4.79 Å². The molecule has 0 heterocycles. The third-order valence-corrected chi connectivity index (χ3v) is 3.49. The van der Waals surface area contributed by atoms with Gasteiger partial charge in [0.25, 0.3) is 0 Å². The van der Waals surface area contributed by atoms with Crippen molar-refractivity contribution >= 4 is 40.0 Å². The van der Waals surface area contributed by atoms with E-state index < -0.39 is 0 Å². The maximum Gasteiger partial charge on any atom is 0.166 e. The zero-order valence-electron chi connectivity index (χ0n) is 11.4. The highest BCUT2D eigenvalue weighted by atomic mass is 127. The summed E-state index contributed by atoms with van der Waals surface area (Å²) in [4.78, 5) is 13.9. The number of ketones is 1. The minimum Gasteiger partial charge on any atom is -0.312 e. The van der Waals surface area contributed by atoms with E-state index in [0.717, 1.165) is 16.4 Å². The number of benzene rings is 1. The molecule has 0 aromatic heterocycles. The van der Waals surface area contributed by atoms with E-state index in [-0.39, 0.29) is 11.7 Å². The topological polar surface area (TPSA) is 20.3 Å². The van der Waals surface area contributed by atoms with Crippen LogP contribution in [0.25, 0.3) is 0 Å². The Morgan fingerprint density at radius 1 is 1.28 bits per heavy atom. The van der Waals surface area contributed by atoms with Crippen LogP contribution in [0.15, 0.2) is 24.3 Å². The van der Waals surface area contributed by atoms with Crippen molar-refractivity contribution in [3.05, 3.63) is 34.9 Å². The average Bonchev–Trinajstić information content (AvgIpc) is 2.30. The molecule has 0 bridgehead atoms. The van der Waals surface area contributed by atoms with Crippen LogP contribution in [0.2, 0.25) is 5.02 Å². The summed E-state index contributed by atoms with van der Waals surface area (Å²) in [5.74, 6) is 0.357. The summed E-state index contributed by atoms with van der Waals surface area (Å²) in [6, 6.07) is 7.10. The highest BCUT2D eigenvalue weighted by Gasteiger charge is 2.16. The van der Waals surface area contributed by atoms with Crippen molar-refractivity contribution in [2.45, 2.75) is 13.3 Å². The molecule has 0 saturated heterocycles. The Labute approximate surface area is 129 Å². The number of carbonyl (C=O) groups excluding carboxylic acids is 1. The summed E-state index contributed by atoms with van der Waals surface area (Å²) in [6.07, 6.45) is 0.893. The van der Waals surface area contributed by atoms with E-state index >= 15 is 0 Å². The predicted molar refractivity (Wildman–Crippen MR) is 88.1 cm³/mol. The fraction of sp³-hybridized carbons (Fsp3) is 0.500. The van der Waals surface area contributed by atoms with Crippen LogP contribution < -0.4 is 0 Å². The Hall–Kier alpha value is -0.130. The van der Waals surface area contributed by atoms with Crippen LogP contribution in [-0.4, -0.2) is 36.3 Å². The second kappa shape index (κ2) is 9.75. The zero-order valence-corrected chi connectivity index (χ0v) is 14.3. The third-order valence-electron chi connectivity index (χ3n) is 2.18. The summed E-state index contributed by atoms with van der Waals surface area (Å²) in [5, 5.41) is 0.670. The highest BCUT2D eigenvalue weighted by molar-refractivity contribution is 14.1. The van der Waals surface area contributed by atoms with Gasteiger partial charge in [0.15, 0.2) is 5.78 Å². The van der Waals surface area contributed by atoms with E-state index in [1.807, 2.05) is 33.0 Å². The summed E-state index contributed by atoms with van der Waals surface area (Å²) < 4.78 is 0.871. The van der Waals surface area contributed by atoms with Crippen molar-refractivity contribution in [2.75, 3.05) is 25.6 Å². The summed E-state index contributed by atoms with van der Waals surface area (Å²) >= 11 is 8.00. The second-order valence-electron chi connectivity index (χ2n) is 4.47. The van der Waals surface area contributed by atoms with Gasteiger partial charge in [0.2, 0.25) is 0 Å². The zero-order chi connectivity index (χ0) is 14.1. The Kier molecular flexibility index (Phi) is 9.68. The molecule has 1 aromatic carbocycles. The van der Waals surface area contributed by atoms with E-state index in [9.17, 15) is 4.79 Å². The van der Waals surface area contributed by atoms with Gasteiger partial charge in [-0.15, -0.1) is 0 Å². The first-order valence-corrected chi connectivity index (χ1v) is 7.79. The molecule has 18 heavy (non-hydrogen) atoms. The fourth-order valence-corrected chi connectivity index (χ4v) is 2.36. The van der Waals surface area contributed by atoms with Crippen LogP contribution in [-0.2, 0) is 0 Å². The van der Waals surface area contributed by atoms with Gasteiger partial charge in [0.1, 0.15) is 0 Å². The molecule has 0 spiro atoms. The number of Topliss-reactive ketones (excluding diaryl/α,β-unsaturated/α-hetero) is 1. The molecule has 0 aliphatic carbocycles. The molecule has 0 amide bonds. The largest absolute Gasteiger partial charge is 0.312 e. The van der Waals surface area contributed by atoms with Crippen molar-refractivity contribution in [3.8, 4) is 0 Å². The number of alkyl halides is 1. The molecule has 0 aliphatic rings. The molecular weight excluding hydrogens is 361 g/mol. The van der Waals surface area contributed by atoms with Crippen molar-refractivity contribution in [1.29, 1.82) is 0 Å². The van der Waals surface area contributed by atoms with Gasteiger partial charge in [0.05, 0.1) is 0 Å². The van der Waals surface area contributed by atoms with Crippen LogP contribution in [0.1, 0.15) is 23.7 Å². The van der Waals surface area contributed by atoms with Crippen molar-refractivity contribution in [1.82, 2.24) is 4.90 Å². The summed E-state index contributed by atoms with van der Waals surface area (Å²) in [7, 11) is 6.00. The second-order valence-corrected chi connectivity index (χ2v) is 5.79. The smallest absolute Gasteiger partial charge is 0.166 e. The van der Waals surface area contributed by atoms with Gasteiger partial charge in [-0.2, -0.15) is 0 Å². The van der Waals surface area contributed by atoms with Crippen LogP contribution in [0, 0.1) is 5.92 Å². The van der Waals surface area contributed by atoms with Gasteiger partial charge in [-0.25, -0.2) is 0 Å². The number of halogens is 2. The molecule has 1 unspecified atom stereocenters. The lowest BCUT2D eigenvalue weighted by Crippen LogP contribution is -2.14. The predicted octanol–water partition coefficient (Wildman–Crippen LogP) is 4.16. The lowest BCUT2D eigenvalue weighted by atomic mass is 9.97. The first kappa shape index (κ1) is 17.9. The first-order valence-electron chi connectivity index (χ1n) is 5.89. The van der Waals surface area contributed by atoms with Gasteiger partial charge in [0, 0.05) is 20.9 Å². The summed E-state index contributed by atoms with van der Waals surface area (Å²) in [5.41, 5.74) is 0.762. The number of rotatable bonds is 4. The Bertz CT molecular complexity index is 345. The van der Waals surface area contributed by atoms with E-state index in [4.69, 9.17) is 11.6 Å². The Balaban J connectivity index is 0.000000631. The molecule has 4 heteroatoms. The van der Waals surface area contributed by atoms with E-state index in [2.05, 4.69) is 22.6 Å². The molecule has 0 aliphatic heterocycles. The SMILES string of the molecule is CCC(CI)C(=O)c1ccc(Cl)cc1.CN(C)C. The van der Waals surface area contributed by atoms with Crippen LogP contribution in [0.4, 0.5) is 0 Å². The van der Waals surface area contributed by atoms with Crippen LogP contribution in [0.3, 0.4) is 0 Å². The number of nitrogens with zero attached hydrogens (tertiary/aromatic N) is 1. The fourth-order valence-electron chi connectivity index (χ4n) is 1.21. The van der Waals surface area contributed by atoms with Gasteiger partial charge < -0.3 is 4.90 Å². The highest BCUT2D eigenvalue weighted by Crippen LogP contribution is 2.17. The molecular formula is C14H21ClINO. The maximum absolute atomic E-state index is 11.9. The molecule has 0 saturated carbocycles. The average molecular weight is 382 g/mol. The van der Waals surface area contributed by atoms with E-state index in [1.165, 1.54) is 0 Å². The van der Waals surface area contributed by atoms with Gasteiger partial charge in [-0.05, 0) is 51.8 Å². The number of hydrogen-bond acceptors (Lipinski definition) is 2. The van der Waals surface area contributed by atoms with E-state index in [0.29, 0.717) is 5.02 Å². The molecule has 0 N–H and O–H groups in total. The molecule has 102 valence electrons. The minimum atomic E-state index is 0.136. The lowest BCUT2D eigenvalue weighted by molar-refractivity contribution is 0.0931. The monoisotopic (exact) mass is 381 g/mol. The molecule has 0 radical (unpaired) electrons. The van der Waals surface area contributed by atoms with Crippen LogP contribution >= 0.6 is 34.2 Å². The van der Waals surface area contributed by atoms with Crippen LogP contribution in [0.5, 0.6) is 0 Å². The molecule has 1 atom stereocenters. The quantitative estimate of drug-likeness (QED) is 0.443. The van der Waals surface area contributed by atoms with Gasteiger partial charge in [-0.3, -0.25) is 4.79 Å². The molecule has 1 rings (SSSR count). The van der Waals surface area contributed by atoms with Crippen molar-refractivity contribution in [3.63, 3.8) is 0 Å². The Morgan fingerprint density at radius 2 is 1.72 bits per heavy atom. The first-order chi connectivity index (χ1) is 8.42. The van der Waals surface area contributed by atoms with E-state index in [1.54, 1.807) is 24.3 Å². The lowest BCUT2D eigenvalue weighted by Gasteiger charge is -2.09. The van der Waals surface area contributed by atoms with Crippen molar-refractivity contribution in [2.24, 2.45) is 5.92 Å². The molecule has 0 fully saturated rings. The normalized spacial score (nSPS) is 11.7. The standard InChI is InChI=1S/C11H12ClIO.C3H9N/c1-2-8(7-13)11(14)9-3-5-10(12)6-4-9;1-4(2)3/h3-6,8H,2,7H2,1H3;1-3H3. The molecule has 1 aromatic rings. The summed E-state index contributed by atoms with van der Waals surface area (Å²) in [6.45, 7) is 2.04. The Morgan fingerprint density at radius 3 is 2.06 bits per heavy atom. The maximum atomic E-state index is 11.9. The minimum absolute atomic E-state index is 0.136. The van der Waals surface area contributed by atoms with Gasteiger partial charge >= 0.3 is 0 Å². The number of hydrogen-bond donors (Lipinski definition) is 0. The molecule has 2 nitrogen and oxygen atoms in total. The van der Waals surface area contributed by atoms with Gasteiger partial charge in [-0.1, -0.05) is 41.1 Å². The number of carbonyl (C=O) groups is 1. The third kappa shape index (κ3) is 7.34.